The van der Waals surface area contributed by atoms with Crippen molar-refractivity contribution in [2.24, 2.45) is 23.7 Å². The van der Waals surface area contributed by atoms with E-state index in [0.29, 0.717) is 49.4 Å². The van der Waals surface area contributed by atoms with Gasteiger partial charge in [0.1, 0.15) is 5.78 Å². The van der Waals surface area contributed by atoms with Gasteiger partial charge in [-0.3, -0.25) is 4.79 Å². The molecular formula is C21H32O7S3. The number of aliphatic hydroxyl groups is 2. The third-order valence-corrected chi connectivity index (χ3v) is 10.8. The van der Waals surface area contributed by atoms with Gasteiger partial charge in [-0.2, -0.15) is 35.3 Å². The average molecular weight is 493 g/mol. The summed E-state index contributed by atoms with van der Waals surface area (Å²) >= 11 is 5.20. The second-order valence-electron chi connectivity index (χ2n) is 9.01. The van der Waals surface area contributed by atoms with Gasteiger partial charge in [-0.05, 0) is 11.5 Å². The monoisotopic (exact) mass is 492 g/mol. The van der Waals surface area contributed by atoms with Crippen molar-refractivity contribution in [2.75, 3.05) is 60.9 Å². The van der Waals surface area contributed by atoms with Crippen LogP contribution in [0.2, 0.25) is 0 Å². The number of carbonyl (C=O) groups is 1. The molecule has 0 aromatic rings. The molecule has 176 valence electrons. The minimum atomic E-state index is -0.838. The second-order valence-corrected chi connectivity index (χ2v) is 12.4. The van der Waals surface area contributed by atoms with Crippen molar-refractivity contribution < 1.29 is 34.0 Å². The van der Waals surface area contributed by atoms with Gasteiger partial charge in [-0.1, -0.05) is 0 Å². The summed E-state index contributed by atoms with van der Waals surface area (Å²) < 4.78 is 23.9. The maximum Gasteiger partial charge on any atom is 0.175 e. The van der Waals surface area contributed by atoms with Crippen LogP contribution in [0.5, 0.6) is 0 Å². The molecule has 6 atom stereocenters. The fourth-order valence-corrected chi connectivity index (χ4v) is 9.67. The molecule has 2 spiro atoms. The summed E-state index contributed by atoms with van der Waals surface area (Å²) in [6.45, 7) is 2.13. The van der Waals surface area contributed by atoms with E-state index in [9.17, 15) is 15.0 Å². The lowest BCUT2D eigenvalue weighted by atomic mass is 9.76. The zero-order chi connectivity index (χ0) is 21.5. The van der Waals surface area contributed by atoms with E-state index < -0.39 is 35.6 Å². The lowest BCUT2D eigenvalue weighted by molar-refractivity contribution is -0.221. The Morgan fingerprint density at radius 1 is 0.710 bits per heavy atom. The molecule has 0 aliphatic carbocycles. The first kappa shape index (κ1) is 23.2. The van der Waals surface area contributed by atoms with Crippen molar-refractivity contribution in [3.05, 3.63) is 0 Å². The number of ether oxygens (including phenoxy) is 4. The van der Waals surface area contributed by atoms with E-state index in [-0.39, 0.29) is 17.6 Å². The Morgan fingerprint density at radius 2 is 1.13 bits per heavy atom. The Hall–Kier alpha value is 0.480. The Morgan fingerprint density at radius 3 is 1.55 bits per heavy atom. The van der Waals surface area contributed by atoms with Crippen molar-refractivity contribution in [3.8, 4) is 0 Å². The molecule has 10 heteroatoms. The van der Waals surface area contributed by atoms with Gasteiger partial charge in [-0.15, -0.1) is 0 Å². The molecule has 7 nitrogen and oxygen atoms in total. The van der Waals surface area contributed by atoms with E-state index in [0.717, 1.165) is 24.3 Å². The number of aliphatic hydroxyl groups excluding tert-OH is 2. The molecule has 0 bridgehead atoms. The van der Waals surface area contributed by atoms with E-state index in [4.69, 9.17) is 18.9 Å². The first-order valence-corrected chi connectivity index (χ1v) is 14.7. The summed E-state index contributed by atoms with van der Waals surface area (Å²) in [5.41, 5.74) is 0. The highest BCUT2D eigenvalue weighted by Gasteiger charge is 2.56. The maximum atomic E-state index is 13.6. The smallest absolute Gasteiger partial charge is 0.175 e. The van der Waals surface area contributed by atoms with Crippen LogP contribution in [0.25, 0.3) is 0 Å². The molecule has 0 aromatic carbocycles. The fraction of sp³-hybridized carbons (Fsp3) is 0.952. The normalized spacial score (nSPS) is 39.7. The number of hydrogen-bond donors (Lipinski definition) is 2. The van der Waals surface area contributed by atoms with Gasteiger partial charge >= 0.3 is 0 Å². The molecule has 5 fully saturated rings. The molecule has 5 aliphatic rings. The summed E-state index contributed by atoms with van der Waals surface area (Å²) in [6.07, 6.45) is -0.212. The Labute approximate surface area is 196 Å². The van der Waals surface area contributed by atoms with Crippen LogP contribution >= 0.6 is 35.3 Å². The van der Waals surface area contributed by atoms with Crippen LogP contribution in [-0.2, 0) is 23.7 Å². The molecule has 0 saturated carbocycles. The summed E-state index contributed by atoms with van der Waals surface area (Å²) in [6, 6.07) is 0. The van der Waals surface area contributed by atoms with Crippen molar-refractivity contribution in [3.63, 3.8) is 0 Å². The number of hydrogen-bond acceptors (Lipinski definition) is 10. The predicted molar refractivity (Wildman–Crippen MR) is 121 cm³/mol. The second kappa shape index (κ2) is 9.62. The zero-order valence-corrected chi connectivity index (χ0v) is 20.1. The highest BCUT2D eigenvalue weighted by Crippen LogP contribution is 2.46. The minimum Gasteiger partial charge on any atom is -0.392 e. The quantitative estimate of drug-likeness (QED) is 0.597. The topological polar surface area (TPSA) is 94.5 Å². The third kappa shape index (κ3) is 4.23. The molecule has 0 unspecified atom stereocenters. The first-order chi connectivity index (χ1) is 15.1. The Kier molecular flexibility index (Phi) is 7.21. The minimum absolute atomic E-state index is 0.0359. The fourth-order valence-electron chi connectivity index (χ4n) is 5.71. The van der Waals surface area contributed by atoms with Crippen LogP contribution in [0.4, 0.5) is 0 Å². The average Bonchev–Trinajstić information content (AvgIpc) is 3.44. The zero-order valence-electron chi connectivity index (χ0n) is 17.6. The molecule has 0 aromatic heterocycles. The van der Waals surface area contributed by atoms with E-state index >= 15 is 0 Å². The molecule has 5 saturated heterocycles. The molecule has 5 rings (SSSR count). The van der Waals surface area contributed by atoms with E-state index in [2.05, 4.69) is 0 Å². The molecule has 0 radical (unpaired) electrons. The van der Waals surface area contributed by atoms with Crippen LogP contribution in [-0.4, -0.2) is 101 Å². The SMILES string of the molecule is O=C1[C@H]([C@@H](O)[C@@H]2CSCCC23OCCO3)CSC[C@@H]1[C@H](O)[C@@H]1CSCCC12OCCO2. The van der Waals surface area contributed by atoms with Crippen molar-refractivity contribution in [1.82, 2.24) is 0 Å². The van der Waals surface area contributed by atoms with Crippen molar-refractivity contribution in [1.29, 1.82) is 0 Å². The number of ketones is 1. The lowest BCUT2D eigenvalue weighted by Gasteiger charge is -2.46. The molecule has 5 heterocycles. The predicted octanol–water partition coefficient (Wildman–Crippen LogP) is 1.25. The van der Waals surface area contributed by atoms with Crippen LogP contribution < -0.4 is 0 Å². The highest BCUT2D eigenvalue weighted by molar-refractivity contribution is 7.99. The number of carbonyl (C=O) groups excluding carboxylic acids is 1. The number of thioether (sulfide) groups is 3. The van der Waals surface area contributed by atoms with Crippen LogP contribution in [0, 0.1) is 23.7 Å². The van der Waals surface area contributed by atoms with Crippen LogP contribution in [0.1, 0.15) is 12.8 Å². The summed E-state index contributed by atoms with van der Waals surface area (Å²) in [4.78, 5) is 13.6. The van der Waals surface area contributed by atoms with Crippen molar-refractivity contribution >= 4 is 41.1 Å². The van der Waals surface area contributed by atoms with E-state index in [1.807, 2.05) is 0 Å². The van der Waals surface area contributed by atoms with Gasteiger partial charge in [0.25, 0.3) is 0 Å². The first-order valence-electron chi connectivity index (χ1n) is 11.3. The molecular weight excluding hydrogens is 460 g/mol. The van der Waals surface area contributed by atoms with Crippen LogP contribution in [0.3, 0.4) is 0 Å². The maximum absolute atomic E-state index is 13.6. The summed E-state index contributed by atoms with van der Waals surface area (Å²) in [5.74, 6) is 1.33. The van der Waals surface area contributed by atoms with Gasteiger partial charge in [0, 0.05) is 47.7 Å². The van der Waals surface area contributed by atoms with Gasteiger partial charge < -0.3 is 29.2 Å². The molecule has 2 N–H and O–H groups in total. The summed E-state index contributed by atoms with van der Waals surface area (Å²) in [7, 11) is 0. The highest BCUT2D eigenvalue weighted by atomic mass is 32.2. The largest absolute Gasteiger partial charge is 0.392 e. The van der Waals surface area contributed by atoms with Gasteiger partial charge in [0.2, 0.25) is 0 Å². The van der Waals surface area contributed by atoms with Gasteiger partial charge in [0.05, 0.1) is 50.5 Å². The standard InChI is InChI=1S/C21H32O7S3/c22-17-13(18(23)15-11-29-7-1-20(15)25-3-4-26-20)9-31-10-14(17)19(24)16-12-30-8-2-21(16)27-5-6-28-21/h13-16,18-19,23-24H,1-12H2/t13-,14+,15-,16-,18-,19+/m0/s1. The Bertz CT molecular complexity index is 601. The molecule has 31 heavy (non-hydrogen) atoms. The molecule has 0 amide bonds. The van der Waals surface area contributed by atoms with Crippen LogP contribution in [0.15, 0.2) is 0 Å². The van der Waals surface area contributed by atoms with Gasteiger partial charge in [-0.25, -0.2) is 0 Å². The van der Waals surface area contributed by atoms with Gasteiger partial charge in [0.15, 0.2) is 11.6 Å². The summed E-state index contributed by atoms with van der Waals surface area (Å²) in [5, 5.41) is 22.7. The third-order valence-electron chi connectivity index (χ3n) is 7.44. The number of rotatable bonds is 4. The van der Waals surface area contributed by atoms with E-state index in [1.165, 1.54) is 0 Å². The lowest BCUT2D eigenvalue weighted by Crippen LogP contribution is -2.57. The Balaban J connectivity index is 1.32. The molecule has 5 aliphatic heterocycles. The van der Waals surface area contributed by atoms with E-state index in [1.54, 1.807) is 35.3 Å². The van der Waals surface area contributed by atoms with Crippen molar-refractivity contribution in [2.45, 2.75) is 36.6 Å². The number of Topliss-reactive ketones (excluding diaryl/α,β-unsaturated/α-hetero) is 1.